The zero-order valence-electron chi connectivity index (χ0n) is 13.5. The molecule has 0 saturated carbocycles. The number of fused-ring (bicyclic) bond motifs is 1. The number of aromatic nitrogens is 4. The summed E-state index contributed by atoms with van der Waals surface area (Å²) in [4.78, 5) is 1.94. The van der Waals surface area contributed by atoms with Crippen molar-refractivity contribution in [3.63, 3.8) is 0 Å². The van der Waals surface area contributed by atoms with E-state index in [4.69, 9.17) is 9.84 Å². The minimum absolute atomic E-state index is 0.0996. The summed E-state index contributed by atoms with van der Waals surface area (Å²) >= 11 is 3.30. The molecule has 0 spiro atoms. The van der Waals surface area contributed by atoms with Crippen molar-refractivity contribution in [2.24, 2.45) is 0 Å². The average molecular weight is 368 g/mol. The second-order valence-electron chi connectivity index (χ2n) is 6.16. The van der Waals surface area contributed by atoms with Gasteiger partial charge in [-0.1, -0.05) is 47.7 Å². The van der Waals surface area contributed by atoms with Gasteiger partial charge in [0.1, 0.15) is 5.01 Å². The van der Waals surface area contributed by atoms with Crippen LogP contribution in [0.4, 0.5) is 0 Å². The van der Waals surface area contributed by atoms with Gasteiger partial charge in [-0.05, 0) is 29.9 Å². The Hall–Kier alpha value is -2.09. The van der Waals surface area contributed by atoms with Gasteiger partial charge in [0, 0.05) is 13.2 Å². The van der Waals surface area contributed by atoms with Gasteiger partial charge >= 0.3 is 0 Å². The first-order chi connectivity index (χ1) is 12.4. The molecule has 3 aromatic heterocycles. The fraction of sp³-hybridized carbons (Fsp3) is 0.278. The maximum Gasteiger partial charge on any atom is 0.235 e. The molecule has 7 heteroatoms. The van der Waals surface area contributed by atoms with E-state index in [9.17, 15) is 0 Å². The highest BCUT2D eigenvalue weighted by molar-refractivity contribution is 7.17. The Labute approximate surface area is 152 Å². The number of hydrogen-bond donors (Lipinski definition) is 0. The van der Waals surface area contributed by atoms with E-state index in [1.807, 2.05) is 16.0 Å². The Morgan fingerprint density at radius 1 is 1.00 bits per heavy atom. The number of thiophene rings is 1. The van der Waals surface area contributed by atoms with Gasteiger partial charge in [0.25, 0.3) is 0 Å². The first-order valence-corrected chi connectivity index (χ1v) is 9.96. The first-order valence-electron chi connectivity index (χ1n) is 8.27. The molecular weight excluding hydrogens is 352 g/mol. The highest BCUT2D eigenvalue weighted by Crippen LogP contribution is 2.43. The molecule has 0 radical (unpaired) electrons. The lowest BCUT2D eigenvalue weighted by Gasteiger charge is -2.35. The van der Waals surface area contributed by atoms with Crippen LogP contribution < -0.4 is 0 Å². The van der Waals surface area contributed by atoms with Gasteiger partial charge in [-0.15, -0.1) is 21.5 Å². The van der Waals surface area contributed by atoms with Gasteiger partial charge in [0.15, 0.2) is 5.82 Å². The maximum absolute atomic E-state index is 5.65. The van der Waals surface area contributed by atoms with Crippen molar-refractivity contribution in [3.8, 4) is 10.7 Å². The molecule has 0 atom stereocenters. The van der Waals surface area contributed by atoms with Crippen molar-refractivity contribution in [3.05, 3.63) is 58.4 Å². The predicted octanol–water partition coefficient (Wildman–Crippen LogP) is 4.01. The van der Waals surface area contributed by atoms with Gasteiger partial charge in [-0.2, -0.15) is 9.61 Å². The molecule has 1 aromatic carbocycles. The number of rotatable bonds is 3. The average Bonchev–Trinajstić information content (AvgIpc) is 3.40. The standard InChI is InChI=1S/C18H16N4OS2/c1-2-5-13(6-3-1)18(8-10-23-11-9-18)16-21-22-15(14-7-4-12-24-14)19-20-17(22)25-16/h1-7,12H,8-11H2. The zero-order valence-corrected chi connectivity index (χ0v) is 15.1. The van der Waals surface area contributed by atoms with Crippen LogP contribution in [0.25, 0.3) is 15.7 Å². The Bertz CT molecular complexity index is 985. The topological polar surface area (TPSA) is 52.3 Å². The maximum atomic E-state index is 5.65. The van der Waals surface area contributed by atoms with Crippen LogP contribution in [0.5, 0.6) is 0 Å². The van der Waals surface area contributed by atoms with Crippen LogP contribution in [0.3, 0.4) is 0 Å². The van der Waals surface area contributed by atoms with Crippen molar-refractivity contribution in [2.45, 2.75) is 18.3 Å². The lowest BCUT2D eigenvalue weighted by molar-refractivity contribution is 0.0628. The predicted molar refractivity (Wildman–Crippen MR) is 99.2 cm³/mol. The lowest BCUT2D eigenvalue weighted by atomic mass is 9.75. The molecule has 126 valence electrons. The van der Waals surface area contributed by atoms with Crippen molar-refractivity contribution in [1.82, 2.24) is 19.8 Å². The number of ether oxygens (including phenoxy) is 1. The largest absolute Gasteiger partial charge is 0.381 e. The summed E-state index contributed by atoms with van der Waals surface area (Å²) < 4.78 is 7.54. The molecule has 0 amide bonds. The minimum Gasteiger partial charge on any atom is -0.381 e. The summed E-state index contributed by atoms with van der Waals surface area (Å²) in [5, 5.41) is 16.8. The van der Waals surface area contributed by atoms with Gasteiger partial charge in [0.2, 0.25) is 4.96 Å². The van der Waals surface area contributed by atoms with Crippen LogP contribution >= 0.6 is 22.7 Å². The molecule has 1 saturated heterocycles. The van der Waals surface area contributed by atoms with Gasteiger partial charge < -0.3 is 4.74 Å². The van der Waals surface area contributed by atoms with E-state index in [0.717, 1.165) is 46.7 Å². The molecule has 5 rings (SSSR count). The van der Waals surface area contributed by atoms with Crippen LogP contribution in [0.2, 0.25) is 0 Å². The molecule has 1 aliphatic rings. The summed E-state index contributed by atoms with van der Waals surface area (Å²) in [6.07, 6.45) is 1.88. The second kappa shape index (κ2) is 6.01. The molecule has 1 aliphatic heterocycles. The minimum atomic E-state index is -0.0996. The molecule has 0 aliphatic carbocycles. The molecule has 25 heavy (non-hydrogen) atoms. The third-order valence-corrected chi connectivity index (χ3v) is 6.78. The van der Waals surface area contributed by atoms with Crippen LogP contribution in [0.1, 0.15) is 23.4 Å². The van der Waals surface area contributed by atoms with Crippen molar-refractivity contribution >= 4 is 27.6 Å². The summed E-state index contributed by atoms with van der Waals surface area (Å²) in [6.45, 7) is 1.51. The number of benzene rings is 1. The highest BCUT2D eigenvalue weighted by Gasteiger charge is 2.40. The van der Waals surface area contributed by atoms with E-state index in [-0.39, 0.29) is 5.41 Å². The molecular formula is C18H16N4OS2. The molecule has 0 bridgehead atoms. The van der Waals surface area contributed by atoms with E-state index < -0.39 is 0 Å². The summed E-state index contributed by atoms with van der Waals surface area (Å²) in [5.74, 6) is 0.822. The van der Waals surface area contributed by atoms with Gasteiger partial charge in [-0.3, -0.25) is 0 Å². The van der Waals surface area contributed by atoms with Crippen molar-refractivity contribution < 1.29 is 4.74 Å². The third-order valence-electron chi connectivity index (χ3n) is 4.81. The summed E-state index contributed by atoms with van der Waals surface area (Å²) in [6, 6.07) is 14.7. The van der Waals surface area contributed by atoms with Crippen molar-refractivity contribution in [2.75, 3.05) is 13.2 Å². The van der Waals surface area contributed by atoms with E-state index >= 15 is 0 Å². The van der Waals surface area contributed by atoms with Crippen LogP contribution in [-0.2, 0) is 10.2 Å². The molecule has 0 unspecified atom stereocenters. The Morgan fingerprint density at radius 3 is 2.60 bits per heavy atom. The summed E-state index contributed by atoms with van der Waals surface area (Å²) in [7, 11) is 0. The van der Waals surface area contributed by atoms with Crippen molar-refractivity contribution in [1.29, 1.82) is 0 Å². The normalized spacial score (nSPS) is 17.1. The molecule has 1 fully saturated rings. The van der Waals surface area contributed by atoms with Crippen LogP contribution in [0, 0.1) is 0 Å². The monoisotopic (exact) mass is 368 g/mol. The quantitative estimate of drug-likeness (QED) is 0.548. The Kier molecular flexibility index (Phi) is 3.65. The molecule has 4 heterocycles. The van der Waals surface area contributed by atoms with Crippen LogP contribution in [0.15, 0.2) is 47.8 Å². The van der Waals surface area contributed by atoms with Gasteiger partial charge in [-0.25, -0.2) is 0 Å². The smallest absolute Gasteiger partial charge is 0.235 e. The van der Waals surface area contributed by atoms with Gasteiger partial charge in [0.05, 0.1) is 10.3 Å². The van der Waals surface area contributed by atoms with E-state index in [0.29, 0.717) is 0 Å². The third kappa shape index (κ3) is 2.42. The molecule has 4 aromatic rings. The number of nitrogens with zero attached hydrogens (tertiary/aromatic N) is 4. The Morgan fingerprint density at radius 2 is 1.84 bits per heavy atom. The lowest BCUT2D eigenvalue weighted by Crippen LogP contribution is -2.35. The van der Waals surface area contributed by atoms with Crippen LogP contribution in [-0.4, -0.2) is 33.0 Å². The fourth-order valence-electron chi connectivity index (χ4n) is 3.47. The first kappa shape index (κ1) is 15.2. The Balaban J connectivity index is 1.67. The van der Waals surface area contributed by atoms with E-state index in [2.05, 4.69) is 46.6 Å². The highest BCUT2D eigenvalue weighted by atomic mass is 32.1. The second-order valence-corrected chi connectivity index (χ2v) is 8.07. The SMILES string of the molecule is c1ccc(C2(c3nn4c(-c5cccs5)nnc4s3)CCOCC2)cc1. The molecule has 0 N–H and O–H groups in total. The summed E-state index contributed by atoms with van der Waals surface area (Å²) in [5.41, 5.74) is 1.21. The van der Waals surface area contributed by atoms with E-state index in [1.54, 1.807) is 22.7 Å². The fourth-order valence-corrected chi connectivity index (χ4v) is 5.27. The molecule has 5 nitrogen and oxygen atoms in total. The zero-order chi connectivity index (χ0) is 16.7. The number of hydrogen-bond acceptors (Lipinski definition) is 6. The van der Waals surface area contributed by atoms with E-state index in [1.165, 1.54) is 5.56 Å².